The van der Waals surface area contributed by atoms with Gasteiger partial charge in [-0.2, -0.15) is 0 Å². The molecule has 4 rings (SSSR count). The van der Waals surface area contributed by atoms with E-state index in [1.807, 2.05) is 49.9 Å². The Labute approximate surface area is 216 Å². The van der Waals surface area contributed by atoms with Crippen LogP contribution in [0.4, 0.5) is 0 Å². The number of hydrogen-bond acceptors (Lipinski definition) is 4. The summed E-state index contributed by atoms with van der Waals surface area (Å²) in [6, 6.07) is 16.7. The first-order valence-corrected chi connectivity index (χ1v) is 13.2. The van der Waals surface area contributed by atoms with Crippen LogP contribution in [0.25, 0.3) is 0 Å². The highest BCUT2D eigenvalue weighted by Gasteiger charge is 2.33. The van der Waals surface area contributed by atoms with Gasteiger partial charge in [0, 0.05) is 28.6 Å². The lowest BCUT2D eigenvalue weighted by atomic mass is 10.00. The molecular weight excluding hydrogens is 480 g/mol. The summed E-state index contributed by atoms with van der Waals surface area (Å²) in [5.74, 6) is 0.741. The van der Waals surface area contributed by atoms with Crippen molar-refractivity contribution in [1.29, 1.82) is 0 Å². The minimum absolute atomic E-state index is 0.0179. The van der Waals surface area contributed by atoms with E-state index >= 15 is 0 Å². The van der Waals surface area contributed by atoms with E-state index in [4.69, 9.17) is 16.3 Å². The summed E-state index contributed by atoms with van der Waals surface area (Å²) >= 11 is 7.84. The topological polar surface area (TPSA) is 49.9 Å². The molecule has 3 aromatic rings. The molecule has 0 fully saturated rings. The smallest absolute Gasteiger partial charge is 0.254 e. The number of carbonyl (C=O) groups excluding carboxylic acids is 2. The van der Waals surface area contributed by atoms with E-state index < -0.39 is 0 Å². The number of ether oxygens (including phenoxy) is 1. The predicted molar refractivity (Wildman–Crippen MR) is 141 cm³/mol. The predicted octanol–water partition coefficient (Wildman–Crippen LogP) is 6.01. The summed E-state index contributed by atoms with van der Waals surface area (Å²) < 4.78 is 6.12. The number of nitrogens with zero attached hydrogens (tertiary/aromatic N) is 2. The van der Waals surface area contributed by atoms with E-state index in [0.29, 0.717) is 30.3 Å². The highest BCUT2D eigenvalue weighted by molar-refractivity contribution is 7.10. The number of carbonyl (C=O) groups is 2. The number of thiophene rings is 1. The molecule has 35 heavy (non-hydrogen) atoms. The third-order valence-electron chi connectivity index (χ3n) is 6.11. The van der Waals surface area contributed by atoms with Crippen LogP contribution in [-0.4, -0.2) is 47.9 Å². The second-order valence-electron chi connectivity index (χ2n) is 9.37. The van der Waals surface area contributed by atoms with Gasteiger partial charge in [0.25, 0.3) is 5.91 Å². The van der Waals surface area contributed by atoms with Crippen molar-refractivity contribution in [3.63, 3.8) is 0 Å². The van der Waals surface area contributed by atoms with Crippen LogP contribution in [0, 0.1) is 12.8 Å². The fourth-order valence-electron chi connectivity index (χ4n) is 4.40. The van der Waals surface area contributed by atoms with Gasteiger partial charge in [0.15, 0.2) is 0 Å². The Morgan fingerprint density at radius 3 is 2.66 bits per heavy atom. The maximum Gasteiger partial charge on any atom is 0.254 e. The monoisotopic (exact) mass is 510 g/mol. The minimum Gasteiger partial charge on any atom is -0.491 e. The third kappa shape index (κ3) is 6.24. The van der Waals surface area contributed by atoms with Crippen LogP contribution in [0.1, 0.15) is 46.3 Å². The lowest BCUT2D eigenvalue weighted by molar-refractivity contribution is -0.135. The van der Waals surface area contributed by atoms with E-state index in [2.05, 4.69) is 11.4 Å². The van der Waals surface area contributed by atoms with Crippen LogP contribution >= 0.6 is 22.9 Å². The normalized spacial score (nSPS) is 15.1. The SMILES string of the molecule is Cc1ccc(OC[C@@H]2c3ccsc3CCN2C(=O)CN(CC(C)C)C(=O)c2cccc(Cl)c2)cc1. The van der Waals surface area contributed by atoms with Crippen molar-refractivity contribution >= 4 is 34.8 Å². The number of amides is 2. The van der Waals surface area contributed by atoms with Crippen molar-refractivity contribution < 1.29 is 14.3 Å². The molecule has 1 aliphatic rings. The van der Waals surface area contributed by atoms with E-state index in [1.54, 1.807) is 40.5 Å². The van der Waals surface area contributed by atoms with Gasteiger partial charge < -0.3 is 14.5 Å². The maximum atomic E-state index is 13.6. The Kier molecular flexibility index (Phi) is 8.14. The average Bonchev–Trinajstić information content (AvgIpc) is 3.31. The van der Waals surface area contributed by atoms with Crippen molar-refractivity contribution in [2.45, 2.75) is 33.2 Å². The standard InChI is InChI=1S/C28H31ClN2O3S/c1-19(2)16-30(28(33)21-5-4-6-22(29)15-21)17-27(32)31-13-11-26-24(12-14-35-26)25(31)18-34-23-9-7-20(3)8-10-23/h4-10,12,14-15,19,25H,11,13,16-18H2,1-3H3/t25-/m1/s1. The summed E-state index contributed by atoms with van der Waals surface area (Å²) in [7, 11) is 0. The highest BCUT2D eigenvalue weighted by Crippen LogP contribution is 2.34. The van der Waals surface area contributed by atoms with Crippen LogP contribution in [0.2, 0.25) is 5.02 Å². The fraction of sp³-hybridized carbons (Fsp3) is 0.357. The Morgan fingerprint density at radius 2 is 1.94 bits per heavy atom. The number of benzene rings is 2. The molecule has 184 valence electrons. The van der Waals surface area contributed by atoms with Crippen LogP contribution < -0.4 is 4.74 Å². The largest absolute Gasteiger partial charge is 0.491 e. The molecule has 5 nitrogen and oxygen atoms in total. The third-order valence-corrected chi connectivity index (χ3v) is 7.35. The van der Waals surface area contributed by atoms with E-state index in [0.717, 1.165) is 17.7 Å². The Balaban J connectivity index is 1.53. The lowest BCUT2D eigenvalue weighted by Crippen LogP contribution is -2.48. The Morgan fingerprint density at radius 1 is 1.17 bits per heavy atom. The summed E-state index contributed by atoms with van der Waals surface area (Å²) in [4.78, 5) is 31.8. The van der Waals surface area contributed by atoms with Gasteiger partial charge in [0.2, 0.25) is 5.91 Å². The van der Waals surface area contributed by atoms with Gasteiger partial charge in [0.1, 0.15) is 18.9 Å². The van der Waals surface area contributed by atoms with Gasteiger partial charge >= 0.3 is 0 Å². The first-order chi connectivity index (χ1) is 16.8. The first-order valence-electron chi connectivity index (χ1n) is 11.9. The first kappa shape index (κ1) is 25.3. The van der Waals surface area contributed by atoms with Crippen molar-refractivity contribution in [3.05, 3.63) is 86.6 Å². The molecule has 0 N–H and O–H groups in total. The van der Waals surface area contributed by atoms with Gasteiger partial charge in [-0.05, 0) is 66.6 Å². The fourth-order valence-corrected chi connectivity index (χ4v) is 5.52. The zero-order valence-electron chi connectivity index (χ0n) is 20.4. The quantitative estimate of drug-likeness (QED) is 0.372. The van der Waals surface area contributed by atoms with Crippen LogP contribution in [-0.2, 0) is 11.2 Å². The highest BCUT2D eigenvalue weighted by atomic mass is 35.5. The molecule has 0 bridgehead atoms. The van der Waals surface area contributed by atoms with E-state index in [1.165, 1.54) is 10.4 Å². The lowest BCUT2D eigenvalue weighted by Gasteiger charge is -2.37. The van der Waals surface area contributed by atoms with Crippen LogP contribution in [0.5, 0.6) is 5.75 Å². The zero-order chi connectivity index (χ0) is 24.9. The van der Waals surface area contributed by atoms with Crippen LogP contribution in [0.3, 0.4) is 0 Å². The molecule has 0 unspecified atom stereocenters. The van der Waals surface area contributed by atoms with Crippen molar-refractivity contribution in [3.8, 4) is 5.75 Å². The molecule has 2 amide bonds. The molecule has 0 saturated carbocycles. The molecular formula is C28H31ClN2O3S. The molecule has 1 aromatic heterocycles. The Bertz CT molecular complexity index is 1170. The van der Waals surface area contributed by atoms with Gasteiger partial charge in [-0.25, -0.2) is 0 Å². The molecule has 0 saturated heterocycles. The molecule has 0 radical (unpaired) electrons. The number of hydrogen-bond donors (Lipinski definition) is 0. The molecule has 0 aliphatic carbocycles. The molecule has 2 heterocycles. The summed E-state index contributed by atoms with van der Waals surface area (Å²) in [6.07, 6.45) is 0.812. The maximum absolute atomic E-state index is 13.6. The summed E-state index contributed by atoms with van der Waals surface area (Å²) in [5, 5.41) is 2.58. The van der Waals surface area contributed by atoms with Gasteiger partial charge in [-0.15, -0.1) is 11.3 Å². The number of aryl methyl sites for hydroxylation is 1. The van der Waals surface area contributed by atoms with Crippen molar-refractivity contribution in [1.82, 2.24) is 9.80 Å². The number of rotatable bonds is 8. The summed E-state index contributed by atoms with van der Waals surface area (Å²) in [5.41, 5.74) is 2.80. The molecule has 0 spiro atoms. The zero-order valence-corrected chi connectivity index (χ0v) is 21.9. The second-order valence-corrected chi connectivity index (χ2v) is 10.8. The van der Waals surface area contributed by atoms with Gasteiger partial charge in [-0.1, -0.05) is 49.2 Å². The number of halogens is 1. The average molecular weight is 511 g/mol. The second kappa shape index (κ2) is 11.3. The molecule has 2 aromatic carbocycles. The molecule has 1 atom stereocenters. The van der Waals surface area contributed by atoms with Gasteiger partial charge in [0.05, 0.1) is 6.04 Å². The van der Waals surface area contributed by atoms with Crippen molar-refractivity contribution in [2.24, 2.45) is 5.92 Å². The van der Waals surface area contributed by atoms with E-state index in [-0.39, 0.29) is 30.3 Å². The number of fused-ring (bicyclic) bond motifs is 1. The van der Waals surface area contributed by atoms with E-state index in [9.17, 15) is 9.59 Å². The van der Waals surface area contributed by atoms with Gasteiger partial charge in [-0.3, -0.25) is 9.59 Å². The molecule has 1 aliphatic heterocycles. The van der Waals surface area contributed by atoms with Crippen LogP contribution in [0.15, 0.2) is 60.0 Å². The summed E-state index contributed by atoms with van der Waals surface area (Å²) in [6.45, 7) is 7.60. The minimum atomic E-state index is -0.194. The van der Waals surface area contributed by atoms with Crippen molar-refractivity contribution in [2.75, 3.05) is 26.2 Å². The Hall–Kier alpha value is -2.83. The molecule has 7 heteroatoms.